The molecule has 2 fully saturated rings. The highest BCUT2D eigenvalue weighted by molar-refractivity contribution is 5.81. The van der Waals surface area contributed by atoms with Crippen molar-refractivity contribution in [1.82, 2.24) is 9.80 Å². The Morgan fingerprint density at radius 1 is 0.769 bits per heavy atom. The minimum absolute atomic E-state index is 0.0542. The van der Waals surface area contributed by atoms with E-state index < -0.39 is 0 Å². The molecule has 2 aliphatic heterocycles. The number of ether oxygens (including phenoxy) is 2. The smallest absolute Gasteiger partial charge is 0.225 e. The lowest BCUT2D eigenvalue weighted by Crippen LogP contribution is -2.37. The number of aldehydes is 2. The number of rotatable bonds is 11. The Labute approximate surface area is 153 Å². The first-order chi connectivity index (χ1) is 12.7. The first-order valence-electron chi connectivity index (χ1n) is 9.32. The molecular formula is C18H28N2O6. The van der Waals surface area contributed by atoms with Crippen molar-refractivity contribution in [2.75, 3.05) is 39.5 Å². The van der Waals surface area contributed by atoms with Crippen LogP contribution in [0.5, 0.6) is 0 Å². The van der Waals surface area contributed by atoms with Crippen molar-refractivity contribution in [1.29, 1.82) is 0 Å². The average Bonchev–Trinajstić information content (AvgIpc) is 3.32. The minimum Gasteiger partial charge on any atom is -0.379 e. The van der Waals surface area contributed by atoms with Crippen LogP contribution in [0.4, 0.5) is 0 Å². The number of carbonyl (C=O) groups is 4. The van der Waals surface area contributed by atoms with E-state index in [1.807, 2.05) is 0 Å². The Kier molecular flexibility index (Phi) is 8.70. The molecule has 0 aromatic rings. The van der Waals surface area contributed by atoms with E-state index in [0.29, 0.717) is 26.3 Å². The van der Waals surface area contributed by atoms with Crippen molar-refractivity contribution >= 4 is 24.4 Å². The molecule has 0 saturated carbocycles. The number of amides is 2. The van der Waals surface area contributed by atoms with E-state index in [0.717, 1.165) is 38.3 Å². The van der Waals surface area contributed by atoms with Gasteiger partial charge in [0.15, 0.2) is 0 Å². The quantitative estimate of drug-likeness (QED) is 0.381. The van der Waals surface area contributed by atoms with E-state index in [1.165, 1.54) is 0 Å². The molecule has 0 aliphatic carbocycles. The summed E-state index contributed by atoms with van der Waals surface area (Å²) in [6.07, 6.45) is 5.40. The van der Waals surface area contributed by atoms with Crippen LogP contribution in [-0.2, 0) is 28.7 Å². The van der Waals surface area contributed by atoms with Gasteiger partial charge in [0.05, 0.1) is 51.4 Å². The third-order valence-corrected chi connectivity index (χ3v) is 4.85. The Morgan fingerprint density at radius 3 is 1.58 bits per heavy atom. The molecule has 8 heteroatoms. The van der Waals surface area contributed by atoms with Gasteiger partial charge in [-0.1, -0.05) is 0 Å². The molecule has 8 nitrogen and oxygen atoms in total. The molecule has 0 aromatic carbocycles. The maximum atomic E-state index is 12.0. The van der Waals surface area contributed by atoms with E-state index >= 15 is 0 Å². The van der Waals surface area contributed by atoms with Gasteiger partial charge < -0.3 is 28.9 Å². The highest BCUT2D eigenvalue weighted by Crippen LogP contribution is 2.17. The van der Waals surface area contributed by atoms with Gasteiger partial charge in [0.25, 0.3) is 0 Å². The number of carbonyl (C=O) groups excluding carboxylic acids is 4. The van der Waals surface area contributed by atoms with Gasteiger partial charge in [0, 0.05) is 13.1 Å². The molecule has 2 amide bonds. The molecule has 2 aliphatic rings. The van der Waals surface area contributed by atoms with Gasteiger partial charge in [0.1, 0.15) is 12.6 Å². The normalized spacial score (nSPS) is 22.6. The van der Waals surface area contributed by atoms with Gasteiger partial charge in [-0.05, 0) is 25.7 Å². The van der Waals surface area contributed by atoms with Crippen LogP contribution in [-0.4, -0.2) is 85.8 Å². The maximum Gasteiger partial charge on any atom is 0.225 e. The summed E-state index contributed by atoms with van der Waals surface area (Å²) in [5.41, 5.74) is 0. The summed E-state index contributed by atoms with van der Waals surface area (Å²) >= 11 is 0. The lowest BCUT2D eigenvalue weighted by atomic mass is 10.2. The highest BCUT2D eigenvalue weighted by Gasteiger charge is 2.28. The second-order valence-electron chi connectivity index (χ2n) is 6.59. The molecule has 2 atom stereocenters. The molecule has 0 unspecified atom stereocenters. The number of hydrogen-bond acceptors (Lipinski definition) is 6. The fourth-order valence-corrected chi connectivity index (χ4v) is 3.42. The van der Waals surface area contributed by atoms with Crippen LogP contribution in [0.3, 0.4) is 0 Å². The fourth-order valence-electron chi connectivity index (χ4n) is 3.42. The predicted molar refractivity (Wildman–Crippen MR) is 92.5 cm³/mol. The van der Waals surface area contributed by atoms with E-state index in [2.05, 4.69) is 0 Å². The van der Waals surface area contributed by atoms with E-state index in [-0.39, 0.29) is 50.0 Å². The zero-order valence-electron chi connectivity index (χ0n) is 15.1. The second kappa shape index (κ2) is 11.0. The zero-order chi connectivity index (χ0) is 18.8. The lowest BCUT2D eigenvalue weighted by molar-refractivity contribution is -0.136. The summed E-state index contributed by atoms with van der Waals surface area (Å²) in [6.45, 7) is 2.55. The largest absolute Gasteiger partial charge is 0.379 e. The van der Waals surface area contributed by atoms with Crippen molar-refractivity contribution in [2.24, 2.45) is 0 Å². The van der Waals surface area contributed by atoms with Gasteiger partial charge in [-0.2, -0.15) is 0 Å². The van der Waals surface area contributed by atoms with E-state index in [4.69, 9.17) is 9.47 Å². The van der Waals surface area contributed by atoms with E-state index in [9.17, 15) is 19.2 Å². The summed E-state index contributed by atoms with van der Waals surface area (Å²) in [5, 5.41) is 0. The van der Waals surface area contributed by atoms with Crippen LogP contribution in [0.1, 0.15) is 38.5 Å². The lowest BCUT2D eigenvalue weighted by Gasteiger charge is -2.20. The molecule has 2 heterocycles. The van der Waals surface area contributed by atoms with Crippen molar-refractivity contribution in [2.45, 2.75) is 50.6 Å². The Hall–Kier alpha value is -1.80. The van der Waals surface area contributed by atoms with Crippen LogP contribution < -0.4 is 0 Å². The summed E-state index contributed by atoms with van der Waals surface area (Å²) in [5.74, 6) is -0.108. The SMILES string of the molecule is O=C[C@@H]1CCCN1C(=O)CCOCCOCCC(=O)N1CCC[C@H]1C=O. The first kappa shape index (κ1) is 20.5. The third kappa shape index (κ3) is 5.88. The van der Waals surface area contributed by atoms with Gasteiger partial charge >= 0.3 is 0 Å². The molecule has 0 bridgehead atoms. The zero-order valence-corrected chi connectivity index (χ0v) is 15.1. The van der Waals surface area contributed by atoms with E-state index in [1.54, 1.807) is 9.80 Å². The van der Waals surface area contributed by atoms with Crippen molar-refractivity contribution in [3.8, 4) is 0 Å². The number of likely N-dealkylation sites (tertiary alicyclic amines) is 2. The molecule has 146 valence electrons. The molecule has 0 N–H and O–H groups in total. The van der Waals surface area contributed by atoms with Crippen LogP contribution in [0, 0.1) is 0 Å². The number of nitrogens with zero attached hydrogens (tertiary/aromatic N) is 2. The number of hydrogen-bond donors (Lipinski definition) is 0. The first-order valence-corrected chi connectivity index (χ1v) is 9.32. The molecule has 0 radical (unpaired) electrons. The third-order valence-electron chi connectivity index (χ3n) is 4.85. The van der Waals surface area contributed by atoms with Gasteiger partial charge in [-0.15, -0.1) is 0 Å². The molecule has 0 aromatic heterocycles. The van der Waals surface area contributed by atoms with Crippen LogP contribution in [0.25, 0.3) is 0 Å². The van der Waals surface area contributed by atoms with Crippen molar-refractivity contribution in [3.63, 3.8) is 0 Å². The monoisotopic (exact) mass is 368 g/mol. The standard InChI is InChI=1S/C18H28N2O6/c21-13-15-3-1-7-19(15)17(23)5-9-25-11-12-26-10-6-18(24)20-8-2-4-16(20)14-22/h13-16H,1-12H2/t15-,16-/m0/s1. The molecular weight excluding hydrogens is 340 g/mol. The molecule has 2 rings (SSSR count). The summed E-state index contributed by atoms with van der Waals surface area (Å²) < 4.78 is 10.7. The van der Waals surface area contributed by atoms with Gasteiger partial charge in [-0.25, -0.2) is 0 Å². The second-order valence-corrected chi connectivity index (χ2v) is 6.59. The highest BCUT2D eigenvalue weighted by atomic mass is 16.5. The van der Waals surface area contributed by atoms with Crippen molar-refractivity contribution < 1.29 is 28.7 Å². The van der Waals surface area contributed by atoms with Gasteiger partial charge in [-0.3, -0.25) is 9.59 Å². The van der Waals surface area contributed by atoms with Crippen molar-refractivity contribution in [3.05, 3.63) is 0 Å². The Morgan fingerprint density at radius 2 is 1.19 bits per heavy atom. The van der Waals surface area contributed by atoms with Crippen LogP contribution in [0.15, 0.2) is 0 Å². The van der Waals surface area contributed by atoms with Gasteiger partial charge in [0.2, 0.25) is 11.8 Å². The average molecular weight is 368 g/mol. The summed E-state index contributed by atoms with van der Waals surface area (Å²) in [6, 6.07) is -0.560. The maximum absolute atomic E-state index is 12.0. The molecule has 0 spiro atoms. The summed E-state index contributed by atoms with van der Waals surface area (Å²) in [7, 11) is 0. The summed E-state index contributed by atoms with van der Waals surface area (Å²) in [4.78, 5) is 49.0. The predicted octanol–water partition coefficient (Wildman–Crippen LogP) is 0.180. The fraction of sp³-hybridized carbons (Fsp3) is 0.778. The van der Waals surface area contributed by atoms with Crippen LogP contribution in [0.2, 0.25) is 0 Å². The van der Waals surface area contributed by atoms with Crippen LogP contribution >= 0.6 is 0 Å². The Balaban J connectivity index is 1.47. The molecule has 26 heavy (non-hydrogen) atoms. The molecule has 2 saturated heterocycles. The topological polar surface area (TPSA) is 93.2 Å². The minimum atomic E-state index is -0.280. The Bertz CT molecular complexity index is 454.